The second-order valence-corrected chi connectivity index (χ2v) is 8.75. The van der Waals surface area contributed by atoms with Crippen LogP contribution in [-0.4, -0.2) is 27.3 Å². The standard InChI is InChI=1S/C22H19N3O2S2/c26-22(15-7-9-17(10-8-15)27-12-16-13-28-14-23-16)25-11-3-5-19(25)21-24-18-4-1-2-6-20(18)29-21/h1-2,4,6-10,13-14,19H,3,5,11-12H2/t19-/m1/s1. The molecule has 5 rings (SSSR count). The molecule has 1 amide bonds. The first-order chi connectivity index (χ1) is 14.3. The van der Waals surface area contributed by atoms with Gasteiger partial charge in [0.2, 0.25) is 0 Å². The minimum atomic E-state index is 0.0535. The van der Waals surface area contributed by atoms with E-state index in [-0.39, 0.29) is 11.9 Å². The summed E-state index contributed by atoms with van der Waals surface area (Å²) in [4.78, 5) is 24.1. The molecule has 3 heterocycles. The maximum absolute atomic E-state index is 13.2. The zero-order chi connectivity index (χ0) is 19.6. The number of hydrogen-bond acceptors (Lipinski definition) is 6. The summed E-state index contributed by atoms with van der Waals surface area (Å²) in [5.74, 6) is 0.788. The molecule has 4 aromatic rings. The molecule has 1 aliphatic rings. The van der Waals surface area contributed by atoms with Crippen molar-refractivity contribution in [3.63, 3.8) is 0 Å². The number of ether oxygens (including phenoxy) is 1. The molecule has 0 spiro atoms. The summed E-state index contributed by atoms with van der Waals surface area (Å²) >= 11 is 3.24. The lowest BCUT2D eigenvalue weighted by atomic mass is 10.1. The van der Waals surface area contributed by atoms with E-state index in [1.807, 2.05) is 52.7 Å². The van der Waals surface area contributed by atoms with Gasteiger partial charge in [0.15, 0.2) is 0 Å². The van der Waals surface area contributed by atoms with E-state index in [2.05, 4.69) is 11.1 Å². The van der Waals surface area contributed by atoms with Crippen molar-refractivity contribution in [3.8, 4) is 5.75 Å². The molecule has 1 aliphatic heterocycles. The van der Waals surface area contributed by atoms with E-state index in [0.717, 1.165) is 41.4 Å². The molecule has 29 heavy (non-hydrogen) atoms. The van der Waals surface area contributed by atoms with Crippen LogP contribution in [0.4, 0.5) is 0 Å². The first-order valence-electron chi connectivity index (χ1n) is 9.54. The number of carbonyl (C=O) groups excluding carboxylic acids is 1. The molecule has 0 saturated carbocycles. The molecule has 7 heteroatoms. The normalized spacial score (nSPS) is 16.4. The molecule has 1 atom stereocenters. The molecule has 2 aromatic carbocycles. The smallest absolute Gasteiger partial charge is 0.254 e. The number of rotatable bonds is 5. The van der Waals surface area contributed by atoms with Gasteiger partial charge in [-0.15, -0.1) is 22.7 Å². The first kappa shape index (κ1) is 18.3. The minimum absolute atomic E-state index is 0.0535. The Balaban J connectivity index is 1.31. The fraction of sp³-hybridized carbons (Fsp3) is 0.227. The highest BCUT2D eigenvalue weighted by molar-refractivity contribution is 7.18. The van der Waals surface area contributed by atoms with Gasteiger partial charge in [-0.1, -0.05) is 12.1 Å². The monoisotopic (exact) mass is 421 g/mol. The first-order valence-corrected chi connectivity index (χ1v) is 11.3. The van der Waals surface area contributed by atoms with Gasteiger partial charge in [0.05, 0.1) is 27.5 Å². The van der Waals surface area contributed by atoms with E-state index in [1.165, 1.54) is 4.70 Å². The molecule has 0 radical (unpaired) electrons. The largest absolute Gasteiger partial charge is 0.487 e. The van der Waals surface area contributed by atoms with E-state index in [4.69, 9.17) is 9.72 Å². The number of amides is 1. The molecule has 0 bridgehead atoms. The molecule has 0 aliphatic carbocycles. The molecular weight excluding hydrogens is 402 g/mol. The van der Waals surface area contributed by atoms with E-state index in [1.54, 1.807) is 28.2 Å². The number of benzene rings is 2. The third-order valence-electron chi connectivity index (χ3n) is 5.08. The molecule has 1 saturated heterocycles. The summed E-state index contributed by atoms with van der Waals surface area (Å²) in [6.45, 7) is 1.20. The Labute approximate surface area is 176 Å². The van der Waals surface area contributed by atoms with Gasteiger partial charge < -0.3 is 9.64 Å². The number of thiazole rings is 2. The summed E-state index contributed by atoms with van der Waals surface area (Å²) in [7, 11) is 0. The van der Waals surface area contributed by atoms with Crippen LogP contribution in [0.3, 0.4) is 0 Å². The van der Waals surface area contributed by atoms with Crippen LogP contribution in [0.15, 0.2) is 59.4 Å². The Morgan fingerprint density at radius 1 is 1.17 bits per heavy atom. The van der Waals surface area contributed by atoms with E-state index in [9.17, 15) is 4.79 Å². The highest BCUT2D eigenvalue weighted by atomic mass is 32.1. The average molecular weight is 422 g/mol. The van der Waals surface area contributed by atoms with Gasteiger partial charge in [-0.25, -0.2) is 9.97 Å². The number of fused-ring (bicyclic) bond motifs is 1. The topological polar surface area (TPSA) is 55.3 Å². The summed E-state index contributed by atoms with van der Waals surface area (Å²) in [6.07, 6.45) is 1.96. The van der Waals surface area contributed by atoms with Crippen LogP contribution >= 0.6 is 22.7 Å². The molecule has 5 nitrogen and oxygen atoms in total. The zero-order valence-corrected chi connectivity index (χ0v) is 17.3. The quantitative estimate of drug-likeness (QED) is 0.438. The van der Waals surface area contributed by atoms with Crippen molar-refractivity contribution >= 4 is 38.8 Å². The molecule has 2 aromatic heterocycles. The van der Waals surface area contributed by atoms with Crippen LogP contribution in [0.5, 0.6) is 5.75 Å². The molecular formula is C22H19N3O2S2. The Hall–Kier alpha value is -2.77. The van der Waals surface area contributed by atoms with Gasteiger partial charge in [-0.3, -0.25) is 4.79 Å². The highest BCUT2D eigenvalue weighted by Crippen LogP contribution is 2.37. The van der Waals surface area contributed by atoms with E-state index >= 15 is 0 Å². The van der Waals surface area contributed by atoms with Crippen LogP contribution in [-0.2, 0) is 6.61 Å². The van der Waals surface area contributed by atoms with Crippen molar-refractivity contribution in [2.45, 2.75) is 25.5 Å². The van der Waals surface area contributed by atoms with Gasteiger partial charge in [-0.2, -0.15) is 0 Å². The minimum Gasteiger partial charge on any atom is -0.487 e. The van der Waals surface area contributed by atoms with Crippen LogP contribution in [0.2, 0.25) is 0 Å². The van der Waals surface area contributed by atoms with Crippen LogP contribution in [0, 0.1) is 0 Å². The Bertz CT molecular complexity index is 1090. The maximum Gasteiger partial charge on any atom is 0.254 e. The van der Waals surface area contributed by atoms with Crippen LogP contribution in [0.25, 0.3) is 10.2 Å². The third kappa shape index (κ3) is 3.75. The Morgan fingerprint density at radius 3 is 2.83 bits per heavy atom. The average Bonchev–Trinajstić information content (AvgIpc) is 3.52. The molecule has 0 N–H and O–H groups in total. The third-order valence-corrected chi connectivity index (χ3v) is 6.85. The second kappa shape index (κ2) is 7.93. The number of likely N-dealkylation sites (tertiary alicyclic amines) is 1. The molecule has 0 unspecified atom stereocenters. The number of nitrogens with zero attached hydrogens (tertiary/aromatic N) is 3. The predicted molar refractivity (Wildman–Crippen MR) is 116 cm³/mol. The zero-order valence-electron chi connectivity index (χ0n) is 15.7. The SMILES string of the molecule is O=C(c1ccc(OCc2cscn2)cc1)N1CCC[C@@H]1c1nc2ccccc2s1. The van der Waals surface area contributed by atoms with Crippen molar-refractivity contribution in [3.05, 3.63) is 75.7 Å². The fourth-order valence-electron chi connectivity index (χ4n) is 3.62. The molecule has 1 fully saturated rings. The lowest BCUT2D eigenvalue weighted by Gasteiger charge is -2.23. The van der Waals surface area contributed by atoms with Crippen molar-refractivity contribution in [2.24, 2.45) is 0 Å². The highest BCUT2D eigenvalue weighted by Gasteiger charge is 2.32. The van der Waals surface area contributed by atoms with Gasteiger partial charge in [0.25, 0.3) is 5.91 Å². The van der Waals surface area contributed by atoms with Crippen LogP contribution < -0.4 is 4.74 Å². The van der Waals surface area contributed by atoms with Crippen molar-refractivity contribution in [1.29, 1.82) is 0 Å². The van der Waals surface area contributed by atoms with Gasteiger partial charge >= 0.3 is 0 Å². The number of carbonyl (C=O) groups is 1. The lowest BCUT2D eigenvalue weighted by molar-refractivity contribution is 0.0735. The summed E-state index contributed by atoms with van der Waals surface area (Å²) in [6, 6.07) is 15.6. The fourth-order valence-corrected chi connectivity index (χ4v) is 5.28. The number of hydrogen-bond donors (Lipinski definition) is 0. The van der Waals surface area contributed by atoms with E-state index in [0.29, 0.717) is 12.2 Å². The van der Waals surface area contributed by atoms with Crippen molar-refractivity contribution < 1.29 is 9.53 Å². The molecule has 146 valence electrons. The Morgan fingerprint density at radius 2 is 2.03 bits per heavy atom. The van der Waals surface area contributed by atoms with Crippen molar-refractivity contribution in [1.82, 2.24) is 14.9 Å². The number of para-hydroxylation sites is 1. The predicted octanol–water partition coefficient (Wildman–Crippen LogP) is 5.31. The van der Waals surface area contributed by atoms with Gasteiger partial charge in [0.1, 0.15) is 17.4 Å². The van der Waals surface area contributed by atoms with Crippen LogP contribution in [0.1, 0.15) is 39.9 Å². The van der Waals surface area contributed by atoms with E-state index < -0.39 is 0 Å². The van der Waals surface area contributed by atoms with Gasteiger partial charge in [-0.05, 0) is 49.2 Å². The summed E-state index contributed by atoms with van der Waals surface area (Å²) in [5.41, 5.74) is 4.39. The Kier molecular flexibility index (Phi) is 4.99. The van der Waals surface area contributed by atoms with Crippen molar-refractivity contribution in [2.75, 3.05) is 6.54 Å². The summed E-state index contributed by atoms with van der Waals surface area (Å²) in [5, 5.41) is 2.99. The lowest BCUT2D eigenvalue weighted by Crippen LogP contribution is -2.30. The number of aromatic nitrogens is 2. The summed E-state index contributed by atoms with van der Waals surface area (Å²) < 4.78 is 6.92. The van der Waals surface area contributed by atoms with Gasteiger partial charge in [0, 0.05) is 17.5 Å². The second-order valence-electron chi connectivity index (χ2n) is 6.97. The maximum atomic E-state index is 13.2.